The Kier molecular flexibility index (Phi) is 6.23. The molecule has 1 aliphatic carbocycles. The van der Waals surface area contributed by atoms with Crippen molar-refractivity contribution in [1.29, 1.82) is 0 Å². The molecule has 2 aliphatic rings. The van der Waals surface area contributed by atoms with Crippen molar-refractivity contribution in [2.45, 2.75) is 49.5 Å². The lowest BCUT2D eigenvalue weighted by Crippen LogP contribution is -2.40. The van der Waals surface area contributed by atoms with E-state index in [-0.39, 0.29) is 6.04 Å². The van der Waals surface area contributed by atoms with Gasteiger partial charge in [0.25, 0.3) is 0 Å². The van der Waals surface area contributed by atoms with Gasteiger partial charge in [0, 0.05) is 12.1 Å². The van der Waals surface area contributed by atoms with Crippen LogP contribution in [0.5, 0.6) is 5.75 Å². The molecule has 156 valence electrons. The minimum absolute atomic E-state index is 0.0457. The summed E-state index contributed by atoms with van der Waals surface area (Å²) in [6, 6.07) is 13.4. The summed E-state index contributed by atoms with van der Waals surface area (Å²) in [4.78, 5) is 2.75. The lowest BCUT2D eigenvalue weighted by atomic mass is 10.0. The molecule has 1 N–H and O–H groups in total. The topological polar surface area (TPSA) is 58.6 Å². The molecule has 29 heavy (non-hydrogen) atoms. The van der Waals surface area contributed by atoms with Crippen LogP contribution < -0.4 is 9.46 Å². The van der Waals surface area contributed by atoms with Crippen LogP contribution in [0.2, 0.25) is 0 Å². The van der Waals surface area contributed by atoms with Gasteiger partial charge in [-0.15, -0.1) is 0 Å². The molecule has 0 spiro atoms. The van der Waals surface area contributed by atoms with Crippen molar-refractivity contribution in [3.05, 3.63) is 59.2 Å². The first-order valence-electron chi connectivity index (χ1n) is 10.6. The third-order valence-electron chi connectivity index (χ3n) is 6.18. The summed E-state index contributed by atoms with van der Waals surface area (Å²) >= 11 is 0. The van der Waals surface area contributed by atoms with Crippen LogP contribution in [-0.2, 0) is 22.9 Å². The Morgan fingerprint density at radius 3 is 2.55 bits per heavy atom. The van der Waals surface area contributed by atoms with Gasteiger partial charge in [-0.25, -0.2) is 13.1 Å². The van der Waals surface area contributed by atoms with Crippen molar-refractivity contribution in [3.8, 4) is 5.75 Å². The van der Waals surface area contributed by atoms with Crippen LogP contribution in [0.3, 0.4) is 0 Å². The van der Waals surface area contributed by atoms with E-state index in [0.717, 1.165) is 56.5 Å². The molecular formula is C23H30N2O3S. The quantitative estimate of drug-likeness (QED) is 0.751. The first kappa shape index (κ1) is 20.4. The summed E-state index contributed by atoms with van der Waals surface area (Å²) in [6.45, 7) is 2.28. The number of hydrogen-bond acceptors (Lipinski definition) is 4. The number of para-hydroxylation sites is 1. The molecule has 1 fully saturated rings. The number of methoxy groups -OCH3 is 1. The third kappa shape index (κ3) is 4.49. The summed E-state index contributed by atoms with van der Waals surface area (Å²) < 4.78 is 34.6. The molecule has 1 aliphatic heterocycles. The second-order valence-corrected chi connectivity index (χ2v) is 9.76. The third-order valence-corrected chi connectivity index (χ3v) is 7.60. The lowest BCUT2D eigenvalue weighted by molar-refractivity contribution is 0.162. The predicted molar refractivity (Wildman–Crippen MR) is 115 cm³/mol. The Bertz CT molecular complexity index is 952. The number of ether oxygens (including phenoxy) is 1. The first-order valence-corrected chi connectivity index (χ1v) is 12.1. The van der Waals surface area contributed by atoms with Crippen LogP contribution in [0, 0.1) is 0 Å². The van der Waals surface area contributed by atoms with E-state index >= 15 is 0 Å². The van der Waals surface area contributed by atoms with Gasteiger partial charge in [0.05, 0.1) is 18.0 Å². The second kappa shape index (κ2) is 8.86. The highest BCUT2D eigenvalue weighted by Crippen LogP contribution is 2.31. The highest BCUT2D eigenvalue weighted by molar-refractivity contribution is 7.89. The van der Waals surface area contributed by atoms with Crippen LogP contribution in [0.4, 0.5) is 0 Å². The highest BCUT2D eigenvalue weighted by Gasteiger charge is 2.27. The van der Waals surface area contributed by atoms with Gasteiger partial charge in [0.15, 0.2) is 0 Å². The minimum atomic E-state index is -3.56. The summed E-state index contributed by atoms with van der Waals surface area (Å²) in [6.07, 6.45) is 6.64. The van der Waals surface area contributed by atoms with Gasteiger partial charge >= 0.3 is 0 Å². The van der Waals surface area contributed by atoms with Gasteiger partial charge in [-0.2, -0.15) is 0 Å². The molecule has 5 nitrogen and oxygen atoms in total. The van der Waals surface area contributed by atoms with E-state index in [2.05, 4.69) is 9.62 Å². The van der Waals surface area contributed by atoms with Crippen molar-refractivity contribution in [1.82, 2.24) is 9.62 Å². The Labute approximate surface area is 174 Å². The number of nitrogens with zero attached hydrogens (tertiary/aromatic N) is 1. The SMILES string of the molecule is COc1ccccc1C(CNS(=O)(=O)c1ccc2c(c1)CCC2)N1CCCCC1. The Balaban J connectivity index is 1.57. The monoisotopic (exact) mass is 414 g/mol. The van der Waals surface area contributed by atoms with Crippen molar-refractivity contribution < 1.29 is 13.2 Å². The molecule has 0 aromatic heterocycles. The molecule has 0 radical (unpaired) electrons. The number of nitrogens with one attached hydrogen (secondary N) is 1. The molecule has 0 amide bonds. The Morgan fingerprint density at radius 1 is 1.00 bits per heavy atom. The van der Waals surface area contributed by atoms with E-state index in [1.165, 1.54) is 17.5 Å². The lowest BCUT2D eigenvalue weighted by Gasteiger charge is -2.35. The molecule has 0 bridgehead atoms. The number of hydrogen-bond donors (Lipinski definition) is 1. The molecule has 1 atom stereocenters. The normalized spacial score (nSPS) is 18.4. The molecule has 1 heterocycles. The average molecular weight is 415 g/mol. The molecule has 1 saturated heterocycles. The summed E-state index contributed by atoms with van der Waals surface area (Å²) in [7, 11) is -1.89. The smallest absolute Gasteiger partial charge is 0.240 e. The van der Waals surface area contributed by atoms with Crippen LogP contribution in [0.25, 0.3) is 0 Å². The van der Waals surface area contributed by atoms with E-state index < -0.39 is 10.0 Å². The van der Waals surface area contributed by atoms with Crippen LogP contribution in [-0.4, -0.2) is 40.1 Å². The van der Waals surface area contributed by atoms with E-state index in [4.69, 9.17) is 4.74 Å². The fourth-order valence-electron chi connectivity index (χ4n) is 4.59. The van der Waals surface area contributed by atoms with Crippen LogP contribution in [0.15, 0.2) is 47.4 Å². The molecular weight excluding hydrogens is 384 g/mol. The Hall–Kier alpha value is -1.89. The number of aryl methyl sites for hydroxylation is 2. The summed E-state index contributed by atoms with van der Waals surface area (Å²) in [5.74, 6) is 0.805. The van der Waals surface area contributed by atoms with Crippen LogP contribution >= 0.6 is 0 Å². The zero-order valence-corrected chi connectivity index (χ0v) is 17.9. The number of sulfonamides is 1. The first-order chi connectivity index (χ1) is 14.1. The van der Waals surface area contributed by atoms with Gasteiger partial charge in [-0.1, -0.05) is 30.7 Å². The number of rotatable bonds is 7. The Morgan fingerprint density at radius 2 is 1.76 bits per heavy atom. The van der Waals surface area contributed by atoms with Crippen molar-refractivity contribution in [2.24, 2.45) is 0 Å². The van der Waals surface area contributed by atoms with Gasteiger partial charge in [0.2, 0.25) is 10.0 Å². The van der Waals surface area contributed by atoms with Gasteiger partial charge in [-0.3, -0.25) is 4.90 Å². The maximum atomic E-state index is 13.0. The average Bonchev–Trinajstić information content (AvgIpc) is 3.23. The maximum Gasteiger partial charge on any atom is 0.240 e. The minimum Gasteiger partial charge on any atom is -0.496 e. The van der Waals surface area contributed by atoms with Gasteiger partial charge < -0.3 is 4.74 Å². The second-order valence-electron chi connectivity index (χ2n) is 7.99. The number of fused-ring (bicyclic) bond motifs is 1. The molecule has 0 saturated carbocycles. The zero-order valence-electron chi connectivity index (χ0n) is 17.1. The fraction of sp³-hybridized carbons (Fsp3) is 0.478. The van der Waals surface area contributed by atoms with Crippen molar-refractivity contribution in [2.75, 3.05) is 26.7 Å². The van der Waals surface area contributed by atoms with E-state index in [1.807, 2.05) is 36.4 Å². The van der Waals surface area contributed by atoms with E-state index in [9.17, 15) is 8.42 Å². The maximum absolute atomic E-state index is 13.0. The fourth-order valence-corrected chi connectivity index (χ4v) is 5.68. The molecule has 4 rings (SSSR count). The van der Waals surface area contributed by atoms with Crippen LogP contribution in [0.1, 0.15) is 48.4 Å². The van der Waals surface area contributed by atoms with Gasteiger partial charge in [0.1, 0.15) is 5.75 Å². The highest BCUT2D eigenvalue weighted by atomic mass is 32.2. The van der Waals surface area contributed by atoms with E-state index in [1.54, 1.807) is 13.2 Å². The van der Waals surface area contributed by atoms with Crippen molar-refractivity contribution in [3.63, 3.8) is 0 Å². The number of benzene rings is 2. The molecule has 6 heteroatoms. The number of likely N-dealkylation sites (tertiary alicyclic amines) is 1. The summed E-state index contributed by atoms with van der Waals surface area (Å²) in [5.41, 5.74) is 3.49. The van der Waals surface area contributed by atoms with Gasteiger partial charge in [-0.05, 0) is 74.5 Å². The predicted octanol–water partition coefficient (Wildman–Crippen LogP) is 3.69. The largest absolute Gasteiger partial charge is 0.496 e. The molecule has 2 aromatic rings. The standard InChI is InChI=1S/C23H30N2O3S/c1-28-23-11-4-3-10-21(23)22(25-14-5-2-6-15-25)17-24-29(26,27)20-13-12-18-8-7-9-19(18)16-20/h3-4,10-13,16,22,24H,2,5-9,14-15,17H2,1H3. The molecule has 1 unspecified atom stereocenters. The zero-order chi connectivity index (χ0) is 20.3. The van der Waals surface area contributed by atoms with Crippen molar-refractivity contribution >= 4 is 10.0 Å². The number of piperidine rings is 1. The van der Waals surface area contributed by atoms with E-state index in [0.29, 0.717) is 11.4 Å². The molecule has 2 aromatic carbocycles. The summed E-state index contributed by atoms with van der Waals surface area (Å²) in [5, 5.41) is 0.